The molecule has 0 aliphatic rings. The first kappa shape index (κ1) is 15.2. The lowest BCUT2D eigenvalue weighted by Crippen LogP contribution is -2.25. The molecule has 0 fully saturated rings. The first-order valence-electron chi connectivity index (χ1n) is 7.38. The quantitative estimate of drug-likeness (QED) is 0.857. The number of aromatic nitrogens is 3. The van der Waals surface area contributed by atoms with Gasteiger partial charge in [-0.1, -0.05) is 32.9 Å². The van der Waals surface area contributed by atoms with Gasteiger partial charge in [0.15, 0.2) is 5.82 Å². The molecule has 0 spiro atoms. The van der Waals surface area contributed by atoms with E-state index in [9.17, 15) is 4.79 Å². The molecule has 0 radical (unpaired) electrons. The number of rotatable bonds is 6. The number of benzene rings is 1. The summed E-state index contributed by atoms with van der Waals surface area (Å²) < 4.78 is 0. The van der Waals surface area contributed by atoms with Crippen LogP contribution in [0.3, 0.4) is 0 Å². The summed E-state index contributed by atoms with van der Waals surface area (Å²) in [6.45, 7) is 6.74. The molecule has 1 aromatic carbocycles. The molecule has 2 rings (SSSR count). The second-order valence-electron chi connectivity index (χ2n) is 5.35. The molecule has 2 aromatic rings. The van der Waals surface area contributed by atoms with Crippen LogP contribution in [0.25, 0.3) is 0 Å². The smallest absolute Gasteiger partial charge is 0.251 e. The fourth-order valence-corrected chi connectivity index (χ4v) is 1.97. The standard InChI is InChI=1S/C16H22N4O/c1-4-12-5-7-13(8-6-12)16(21)17-10-9-14-18-15(11(2)3)20-19-14/h5-8,11H,4,9-10H2,1-3H3,(H,17,21)(H,18,19,20). The third kappa shape index (κ3) is 4.15. The third-order valence-corrected chi connectivity index (χ3v) is 3.34. The van der Waals surface area contributed by atoms with Crippen molar-refractivity contribution >= 4 is 5.91 Å². The van der Waals surface area contributed by atoms with Crippen LogP contribution in [0.1, 0.15) is 54.3 Å². The summed E-state index contributed by atoms with van der Waals surface area (Å²) in [5.41, 5.74) is 1.92. The van der Waals surface area contributed by atoms with E-state index in [4.69, 9.17) is 0 Å². The Labute approximate surface area is 125 Å². The number of carbonyl (C=O) groups excluding carboxylic acids is 1. The Bertz CT molecular complexity index is 587. The average Bonchev–Trinajstić information content (AvgIpc) is 2.96. The number of carbonyl (C=O) groups is 1. The van der Waals surface area contributed by atoms with Gasteiger partial charge in [-0.05, 0) is 24.1 Å². The summed E-state index contributed by atoms with van der Waals surface area (Å²) in [6, 6.07) is 7.69. The predicted molar refractivity (Wildman–Crippen MR) is 82.3 cm³/mol. The highest BCUT2D eigenvalue weighted by molar-refractivity contribution is 5.94. The molecule has 0 saturated carbocycles. The number of amides is 1. The van der Waals surface area contributed by atoms with Crippen LogP contribution in [0.15, 0.2) is 24.3 Å². The number of aromatic amines is 1. The molecule has 5 nitrogen and oxygen atoms in total. The fraction of sp³-hybridized carbons (Fsp3) is 0.438. The fourth-order valence-electron chi connectivity index (χ4n) is 1.97. The summed E-state index contributed by atoms with van der Waals surface area (Å²) in [4.78, 5) is 16.4. The molecular weight excluding hydrogens is 264 g/mol. The van der Waals surface area contributed by atoms with Crippen molar-refractivity contribution in [1.29, 1.82) is 0 Å². The molecule has 1 aromatic heterocycles. The Morgan fingerprint density at radius 1 is 1.29 bits per heavy atom. The van der Waals surface area contributed by atoms with E-state index in [0.29, 0.717) is 24.4 Å². The maximum absolute atomic E-state index is 12.0. The van der Waals surface area contributed by atoms with Crippen LogP contribution >= 0.6 is 0 Å². The lowest BCUT2D eigenvalue weighted by molar-refractivity contribution is 0.0954. The van der Waals surface area contributed by atoms with Crippen molar-refractivity contribution in [3.8, 4) is 0 Å². The minimum Gasteiger partial charge on any atom is -0.352 e. The topological polar surface area (TPSA) is 70.7 Å². The normalized spacial score (nSPS) is 10.9. The molecule has 2 N–H and O–H groups in total. The van der Waals surface area contributed by atoms with E-state index < -0.39 is 0 Å². The number of aryl methyl sites for hydroxylation is 1. The minimum atomic E-state index is -0.0544. The predicted octanol–water partition coefficient (Wildman–Crippen LogP) is 2.46. The maximum Gasteiger partial charge on any atom is 0.251 e. The Balaban J connectivity index is 1.82. The van der Waals surface area contributed by atoms with Crippen molar-refractivity contribution in [3.63, 3.8) is 0 Å². The SMILES string of the molecule is CCc1ccc(C(=O)NCCc2nc(C(C)C)n[nH]2)cc1. The Morgan fingerprint density at radius 3 is 2.57 bits per heavy atom. The van der Waals surface area contributed by atoms with E-state index in [2.05, 4.69) is 41.3 Å². The van der Waals surface area contributed by atoms with Crippen LogP contribution in [0.2, 0.25) is 0 Å². The van der Waals surface area contributed by atoms with E-state index in [1.165, 1.54) is 5.56 Å². The van der Waals surface area contributed by atoms with Crippen molar-refractivity contribution in [3.05, 3.63) is 47.0 Å². The molecule has 112 valence electrons. The van der Waals surface area contributed by atoms with Crippen LogP contribution in [-0.4, -0.2) is 27.6 Å². The molecule has 21 heavy (non-hydrogen) atoms. The molecule has 0 atom stereocenters. The van der Waals surface area contributed by atoms with Crippen molar-refractivity contribution < 1.29 is 4.79 Å². The lowest BCUT2D eigenvalue weighted by atomic mass is 10.1. The second-order valence-corrected chi connectivity index (χ2v) is 5.35. The van der Waals surface area contributed by atoms with Gasteiger partial charge < -0.3 is 5.32 Å². The first-order valence-corrected chi connectivity index (χ1v) is 7.38. The first-order chi connectivity index (χ1) is 10.1. The molecule has 0 aliphatic heterocycles. The van der Waals surface area contributed by atoms with Gasteiger partial charge in [0, 0.05) is 24.4 Å². The average molecular weight is 286 g/mol. The Kier molecular flexibility index (Phi) is 5.09. The summed E-state index contributed by atoms with van der Waals surface area (Å²) in [6.07, 6.45) is 1.63. The molecule has 0 aliphatic carbocycles. The number of nitrogens with one attached hydrogen (secondary N) is 2. The molecular formula is C16H22N4O. The molecule has 0 unspecified atom stereocenters. The van der Waals surface area contributed by atoms with Gasteiger partial charge in [-0.2, -0.15) is 5.10 Å². The van der Waals surface area contributed by atoms with Gasteiger partial charge in [0.2, 0.25) is 0 Å². The monoisotopic (exact) mass is 286 g/mol. The van der Waals surface area contributed by atoms with E-state index in [-0.39, 0.29) is 5.91 Å². The third-order valence-electron chi connectivity index (χ3n) is 3.34. The van der Waals surface area contributed by atoms with Gasteiger partial charge in [-0.3, -0.25) is 9.89 Å². The van der Waals surface area contributed by atoms with Crippen LogP contribution in [-0.2, 0) is 12.8 Å². The molecule has 0 saturated heterocycles. The van der Waals surface area contributed by atoms with E-state index in [1.807, 2.05) is 24.3 Å². The largest absolute Gasteiger partial charge is 0.352 e. The summed E-state index contributed by atoms with van der Waals surface area (Å²) in [7, 11) is 0. The van der Waals surface area contributed by atoms with E-state index in [0.717, 1.165) is 18.1 Å². The van der Waals surface area contributed by atoms with Gasteiger partial charge in [-0.25, -0.2) is 4.98 Å². The lowest BCUT2D eigenvalue weighted by Gasteiger charge is -2.04. The van der Waals surface area contributed by atoms with Crippen LogP contribution < -0.4 is 5.32 Å². The van der Waals surface area contributed by atoms with Crippen LogP contribution in [0.5, 0.6) is 0 Å². The van der Waals surface area contributed by atoms with Crippen LogP contribution in [0.4, 0.5) is 0 Å². The highest BCUT2D eigenvalue weighted by atomic mass is 16.1. The number of nitrogens with zero attached hydrogens (tertiary/aromatic N) is 2. The number of H-pyrrole nitrogens is 1. The van der Waals surface area contributed by atoms with Crippen molar-refractivity contribution in [2.45, 2.75) is 39.5 Å². The molecule has 1 amide bonds. The second kappa shape index (κ2) is 7.02. The van der Waals surface area contributed by atoms with Gasteiger partial charge in [0.1, 0.15) is 5.82 Å². The van der Waals surface area contributed by atoms with Crippen molar-refractivity contribution in [2.75, 3.05) is 6.54 Å². The minimum absolute atomic E-state index is 0.0544. The van der Waals surface area contributed by atoms with E-state index in [1.54, 1.807) is 0 Å². The van der Waals surface area contributed by atoms with Gasteiger partial charge in [-0.15, -0.1) is 0 Å². The highest BCUT2D eigenvalue weighted by Crippen LogP contribution is 2.08. The number of hydrogen-bond acceptors (Lipinski definition) is 3. The zero-order valence-electron chi connectivity index (χ0n) is 12.8. The van der Waals surface area contributed by atoms with E-state index >= 15 is 0 Å². The van der Waals surface area contributed by atoms with Crippen molar-refractivity contribution in [1.82, 2.24) is 20.5 Å². The van der Waals surface area contributed by atoms with Crippen LogP contribution in [0, 0.1) is 0 Å². The summed E-state index contributed by atoms with van der Waals surface area (Å²) in [5, 5.41) is 9.94. The molecule has 0 bridgehead atoms. The summed E-state index contributed by atoms with van der Waals surface area (Å²) in [5.74, 6) is 1.87. The maximum atomic E-state index is 12.0. The zero-order valence-corrected chi connectivity index (χ0v) is 12.8. The number of hydrogen-bond donors (Lipinski definition) is 2. The Hall–Kier alpha value is -2.17. The van der Waals surface area contributed by atoms with Gasteiger partial charge >= 0.3 is 0 Å². The summed E-state index contributed by atoms with van der Waals surface area (Å²) >= 11 is 0. The van der Waals surface area contributed by atoms with Crippen molar-refractivity contribution in [2.24, 2.45) is 0 Å². The van der Waals surface area contributed by atoms with Gasteiger partial charge in [0.25, 0.3) is 5.91 Å². The Morgan fingerprint density at radius 2 is 2.00 bits per heavy atom. The zero-order chi connectivity index (χ0) is 15.2. The highest BCUT2D eigenvalue weighted by Gasteiger charge is 2.08. The molecule has 1 heterocycles. The van der Waals surface area contributed by atoms with Gasteiger partial charge in [0.05, 0.1) is 0 Å². The molecule has 5 heteroatoms.